The second-order valence-electron chi connectivity index (χ2n) is 5.71. The first-order valence-corrected chi connectivity index (χ1v) is 7.93. The van der Waals surface area contributed by atoms with Crippen molar-refractivity contribution in [1.82, 2.24) is 10.3 Å². The number of anilines is 1. The standard InChI is InChI=1S/C16H26N4O2/c1-22-12-14(17)16(21)19-11-13-6-7-15(18-10-13)20-8-4-2-3-5-9-20/h6-7,10,14H,2-5,8-9,11-12,17H2,1H3,(H,19,21). The van der Waals surface area contributed by atoms with Gasteiger partial charge in [0.2, 0.25) is 5.91 Å². The smallest absolute Gasteiger partial charge is 0.239 e. The molecule has 0 spiro atoms. The molecule has 1 aromatic rings. The third-order valence-electron chi connectivity index (χ3n) is 3.89. The minimum atomic E-state index is -0.630. The van der Waals surface area contributed by atoms with Crippen LogP contribution in [0.3, 0.4) is 0 Å². The molecule has 1 saturated heterocycles. The van der Waals surface area contributed by atoms with Crippen molar-refractivity contribution < 1.29 is 9.53 Å². The quantitative estimate of drug-likeness (QED) is 0.821. The van der Waals surface area contributed by atoms with Crippen molar-refractivity contribution in [3.8, 4) is 0 Å². The van der Waals surface area contributed by atoms with Gasteiger partial charge in [-0.2, -0.15) is 0 Å². The molecule has 1 fully saturated rings. The monoisotopic (exact) mass is 306 g/mol. The molecule has 0 bridgehead atoms. The molecule has 1 aliphatic rings. The van der Waals surface area contributed by atoms with E-state index >= 15 is 0 Å². The van der Waals surface area contributed by atoms with Crippen molar-refractivity contribution in [2.24, 2.45) is 5.73 Å². The molecule has 1 aliphatic heterocycles. The van der Waals surface area contributed by atoms with Gasteiger partial charge in [-0.25, -0.2) is 4.98 Å². The van der Waals surface area contributed by atoms with Crippen LogP contribution in [0.1, 0.15) is 31.2 Å². The fraction of sp³-hybridized carbons (Fsp3) is 0.625. The van der Waals surface area contributed by atoms with Gasteiger partial charge in [-0.15, -0.1) is 0 Å². The molecule has 22 heavy (non-hydrogen) atoms. The summed E-state index contributed by atoms with van der Waals surface area (Å²) in [4.78, 5) is 18.6. The molecule has 0 saturated carbocycles. The molecule has 1 atom stereocenters. The number of hydrogen-bond acceptors (Lipinski definition) is 5. The number of carbonyl (C=O) groups excluding carboxylic acids is 1. The first kappa shape index (κ1) is 16.7. The summed E-state index contributed by atoms with van der Waals surface area (Å²) in [5.74, 6) is 0.812. The van der Waals surface area contributed by atoms with Crippen LogP contribution in [0.5, 0.6) is 0 Å². The van der Waals surface area contributed by atoms with Gasteiger partial charge in [0, 0.05) is 32.9 Å². The Bertz CT molecular complexity index is 456. The molecule has 0 aliphatic carbocycles. The lowest BCUT2D eigenvalue weighted by Crippen LogP contribution is -2.43. The van der Waals surface area contributed by atoms with Crippen molar-refractivity contribution in [2.75, 3.05) is 31.7 Å². The van der Waals surface area contributed by atoms with Crippen LogP contribution in [0.15, 0.2) is 18.3 Å². The lowest BCUT2D eigenvalue weighted by molar-refractivity contribution is -0.123. The average molecular weight is 306 g/mol. The summed E-state index contributed by atoms with van der Waals surface area (Å²) in [6.45, 7) is 2.81. The summed E-state index contributed by atoms with van der Waals surface area (Å²) in [5.41, 5.74) is 6.64. The van der Waals surface area contributed by atoms with Crippen LogP contribution < -0.4 is 16.0 Å². The van der Waals surface area contributed by atoms with Crippen molar-refractivity contribution in [3.05, 3.63) is 23.9 Å². The molecule has 1 amide bonds. The third-order valence-corrected chi connectivity index (χ3v) is 3.89. The topological polar surface area (TPSA) is 80.5 Å². The molecule has 122 valence electrons. The predicted octanol–water partition coefficient (Wildman–Crippen LogP) is 1.05. The van der Waals surface area contributed by atoms with Gasteiger partial charge >= 0.3 is 0 Å². The number of nitrogens with two attached hydrogens (primary N) is 1. The van der Waals surface area contributed by atoms with Crippen molar-refractivity contribution in [1.29, 1.82) is 0 Å². The molecule has 6 nitrogen and oxygen atoms in total. The van der Waals surface area contributed by atoms with E-state index < -0.39 is 6.04 Å². The molecular weight excluding hydrogens is 280 g/mol. The number of aromatic nitrogens is 1. The number of methoxy groups -OCH3 is 1. The Balaban J connectivity index is 1.85. The lowest BCUT2D eigenvalue weighted by atomic mass is 10.2. The van der Waals surface area contributed by atoms with Crippen LogP contribution in [0, 0.1) is 0 Å². The zero-order valence-corrected chi connectivity index (χ0v) is 13.3. The van der Waals surface area contributed by atoms with Crippen LogP contribution in [0.4, 0.5) is 5.82 Å². The fourth-order valence-corrected chi connectivity index (χ4v) is 2.58. The van der Waals surface area contributed by atoms with Gasteiger partial charge < -0.3 is 20.7 Å². The second-order valence-corrected chi connectivity index (χ2v) is 5.71. The number of rotatable bonds is 6. The summed E-state index contributed by atoms with van der Waals surface area (Å²) >= 11 is 0. The molecule has 0 radical (unpaired) electrons. The van der Waals surface area contributed by atoms with E-state index in [2.05, 4.69) is 15.2 Å². The van der Waals surface area contributed by atoms with Crippen LogP contribution in [-0.4, -0.2) is 43.7 Å². The molecule has 1 aromatic heterocycles. The van der Waals surface area contributed by atoms with E-state index in [4.69, 9.17) is 10.5 Å². The predicted molar refractivity (Wildman–Crippen MR) is 86.6 cm³/mol. The van der Waals surface area contributed by atoms with E-state index in [1.807, 2.05) is 18.3 Å². The number of nitrogens with zero attached hydrogens (tertiary/aromatic N) is 2. The van der Waals surface area contributed by atoms with E-state index in [1.54, 1.807) is 0 Å². The van der Waals surface area contributed by atoms with Gasteiger partial charge in [-0.1, -0.05) is 18.9 Å². The molecule has 2 heterocycles. The summed E-state index contributed by atoms with van der Waals surface area (Å²) in [5, 5.41) is 2.79. The highest BCUT2D eigenvalue weighted by Crippen LogP contribution is 2.17. The van der Waals surface area contributed by atoms with Crippen LogP contribution in [0.25, 0.3) is 0 Å². The van der Waals surface area contributed by atoms with Gasteiger partial charge in [0.25, 0.3) is 0 Å². The Morgan fingerprint density at radius 1 is 1.36 bits per heavy atom. The Hall–Kier alpha value is -1.66. The highest BCUT2D eigenvalue weighted by atomic mass is 16.5. The number of carbonyl (C=O) groups is 1. The van der Waals surface area contributed by atoms with Gasteiger partial charge in [-0.05, 0) is 24.5 Å². The van der Waals surface area contributed by atoms with Gasteiger partial charge in [0.05, 0.1) is 6.61 Å². The average Bonchev–Trinajstić information content (AvgIpc) is 2.82. The number of amides is 1. The number of pyridine rings is 1. The maximum Gasteiger partial charge on any atom is 0.239 e. The molecule has 1 unspecified atom stereocenters. The van der Waals surface area contributed by atoms with E-state index in [9.17, 15) is 4.79 Å². The first-order chi connectivity index (χ1) is 10.7. The third kappa shape index (κ3) is 4.96. The zero-order chi connectivity index (χ0) is 15.8. The Morgan fingerprint density at radius 3 is 2.68 bits per heavy atom. The van der Waals surface area contributed by atoms with Crippen LogP contribution in [-0.2, 0) is 16.1 Å². The minimum Gasteiger partial charge on any atom is -0.383 e. The van der Waals surface area contributed by atoms with Crippen LogP contribution in [0.2, 0.25) is 0 Å². The summed E-state index contributed by atoms with van der Waals surface area (Å²) < 4.78 is 4.87. The zero-order valence-electron chi connectivity index (χ0n) is 13.3. The molecule has 2 rings (SSSR count). The summed E-state index contributed by atoms with van der Waals surface area (Å²) in [7, 11) is 1.53. The normalized spacial score (nSPS) is 16.9. The maximum absolute atomic E-state index is 11.7. The molecule has 0 aromatic carbocycles. The highest BCUT2D eigenvalue weighted by molar-refractivity contribution is 5.81. The molecular formula is C16H26N4O2. The van der Waals surface area contributed by atoms with Gasteiger partial charge in [0.15, 0.2) is 0 Å². The fourth-order valence-electron chi connectivity index (χ4n) is 2.58. The Labute approximate surface area is 132 Å². The number of nitrogens with one attached hydrogen (secondary N) is 1. The maximum atomic E-state index is 11.7. The lowest BCUT2D eigenvalue weighted by Gasteiger charge is -2.21. The van der Waals surface area contributed by atoms with Gasteiger partial charge in [0.1, 0.15) is 11.9 Å². The molecule has 6 heteroatoms. The van der Waals surface area contributed by atoms with E-state index in [0.717, 1.165) is 24.5 Å². The summed E-state index contributed by atoms with van der Waals surface area (Å²) in [6.07, 6.45) is 6.90. The first-order valence-electron chi connectivity index (χ1n) is 7.93. The van der Waals surface area contributed by atoms with E-state index in [1.165, 1.54) is 32.8 Å². The van der Waals surface area contributed by atoms with Crippen LogP contribution >= 0.6 is 0 Å². The SMILES string of the molecule is COCC(N)C(=O)NCc1ccc(N2CCCCCC2)nc1. The Morgan fingerprint density at radius 2 is 2.09 bits per heavy atom. The number of hydrogen-bond donors (Lipinski definition) is 2. The van der Waals surface area contributed by atoms with Crippen molar-refractivity contribution >= 4 is 11.7 Å². The number of ether oxygens (including phenoxy) is 1. The van der Waals surface area contributed by atoms with E-state index in [-0.39, 0.29) is 12.5 Å². The molecule has 3 N–H and O–H groups in total. The van der Waals surface area contributed by atoms with Gasteiger partial charge in [-0.3, -0.25) is 4.79 Å². The highest BCUT2D eigenvalue weighted by Gasteiger charge is 2.13. The largest absolute Gasteiger partial charge is 0.383 e. The summed E-state index contributed by atoms with van der Waals surface area (Å²) in [6, 6.07) is 3.41. The minimum absolute atomic E-state index is 0.210. The van der Waals surface area contributed by atoms with Crippen molar-refractivity contribution in [2.45, 2.75) is 38.3 Å². The van der Waals surface area contributed by atoms with Crippen molar-refractivity contribution in [3.63, 3.8) is 0 Å². The second kappa shape index (κ2) is 8.70. The van der Waals surface area contributed by atoms with E-state index in [0.29, 0.717) is 6.54 Å². The Kier molecular flexibility index (Phi) is 6.61.